The van der Waals surface area contributed by atoms with Gasteiger partial charge < -0.3 is 20.7 Å². The number of carbonyl (C=O) groups is 4. The lowest BCUT2D eigenvalue weighted by atomic mass is 10.1. The number of hydrogen-bond donors (Lipinski definition) is 4. The molecule has 0 radical (unpaired) electrons. The van der Waals surface area contributed by atoms with E-state index in [-0.39, 0.29) is 5.92 Å². The molecule has 0 aromatic heterocycles. The maximum absolute atomic E-state index is 12.2. The molecule has 0 saturated heterocycles. The molecule has 5 amide bonds. The van der Waals surface area contributed by atoms with Gasteiger partial charge in [0.2, 0.25) is 0 Å². The van der Waals surface area contributed by atoms with Crippen molar-refractivity contribution in [2.45, 2.75) is 33.2 Å². The third kappa shape index (κ3) is 8.70. The Bertz CT molecular complexity index is 648. The maximum atomic E-state index is 12.2. The average Bonchev–Trinajstić information content (AvgIpc) is 2.63. The summed E-state index contributed by atoms with van der Waals surface area (Å²) in [5.41, 5.74) is 0.573. The predicted octanol–water partition coefficient (Wildman–Crippen LogP) is 1.61. The second-order valence-corrected chi connectivity index (χ2v) is 6.10. The number of benzene rings is 1. The molecular formula is C18H26N4O5. The van der Waals surface area contributed by atoms with Gasteiger partial charge >= 0.3 is 18.0 Å². The molecule has 148 valence electrons. The van der Waals surface area contributed by atoms with Crippen LogP contribution in [-0.2, 0) is 14.3 Å². The topological polar surface area (TPSA) is 126 Å². The summed E-state index contributed by atoms with van der Waals surface area (Å²) in [7, 11) is 0. The molecule has 1 aromatic rings. The van der Waals surface area contributed by atoms with Crippen LogP contribution in [0.25, 0.3) is 0 Å². The van der Waals surface area contributed by atoms with E-state index in [4.69, 9.17) is 4.74 Å². The van der Waals surface area contributed by atoms with Crippen molar-refractivity contribution in [1.82, 2.24) is 16.0 Å². The standard InChI is InChI=1S/C18H26N4O5/c1-4-10-19-17(25)21-14(23)11-27-16(24)15(12(2)3)22-18(26)20-13-8-6-5-7-9-13/h5-9,12,15H,4,10-11H2,1-3H3,(H2,20,22,26)(H2,19,21,23,25)/t15-/m0/s1. The van der Waals surface area contributed by atoms with Crippen LogP contribution >= 0.6 is 0 Å². The third-order valence-electron chi connectivity index (χ3n) is 3.37. The van der Waals surface area contributed by atoms with E-state index in [1.165, 1.54) is 0 Å². The van der Waals surface area contributed by atoms with Crippen molar-refractivity contribution in [3.05, 3.63) is 30.3 Å². The van der Waals surface area contributed by atoms with Crippen LogP contribution < -0.4 is 21.3 Å². The molecule has 0 aliphatic carbocycles. The molecule has 4 N–H and O–H groups in total. The summed E-state index contributed by atoms with van der Waals surface area (Å²) in [5, 5.41) is 9.63. The zero-order valence-electron chi connectivity index (χ0n) is 15.7. The lowest BCUT2D eigenvalue weighted by molar-refractivity contribution is -0.151. The molecule has 0 aliphatic rings. The molecule has 0 heterocycles. The molecule has 0 spiro atoms. The van der Waals surface area contributed by atoms with Gasteiger partial charge in [-0.25, -0.2) is 14.4 Å². The number of urea groups is 2. The van der Waals surface area contributed by atoms with Crippen LogP contribution in [0.1, 0.15) is 27.2 Å². The first kappa shape index (κ1) is 21.9. The number of carbonyl (C=O) groups excluding carboxylic acids is 4. The summed E-state index contributed by atoms with van der Waals surface area (Å²) >= 11 is 0. The second kappa shape index (κ2) is 11.5. The summed E-state index contributed by atoms with van der Waals surface area (Å²) in [6.07, 6.45) is 0.726. The highest BCUT2D eigenvalue weighted by Gasteiger charge is 2.26. The van der Waals surface area contributed by atoms with Gasteiger partial charge in [0.05, 0.1) is 0 Å². The number of para-hydroxylation sites is 1. The van der Waals surface area contributed by atoms with E-state index < -0.39 is 36.6 Å². The molecule has 0 saturated carbocycles. The van der Waals surface area contributed by atoms with Gasteiger partial charge in [0.1, 0.15) is 6.04 Å². The Morgan fingerprint density at radius 2 is 1.70 bits per heavy atom. The number of imide groups is 1. The number of anilines is 1. The van der Waals surface area contributed by atoms with Crippen molar-refractivity contribution >= 4 is 29.6 Å². The number of esters is 1. The molecule has 9 heteroatoms. The van der Waals surface area contributed by atoms with Crippen molar-refractivity contribution in [3.8, 4) is 0 Å². The maximum Gasteiger partial charge on any atom is 0.329 e. The fourth-order valence-electron chi connectivity index (χ4n) is 2.00. The van der Waals surface area contributed by atoms with Crippen molar-refractivity contribution in [1.29, 1.82) is 0 Å². The van der Waals surface area contributed by atoms with Gasteiger partial charge in [-0.2, -0.15) is 0 Å². The monoisotopic (exact) mass is 378 g/mol. The minimum absolute atomic E-state index is 0.269. The highest BCUT2D eigenvalue weighted by Crippen LogP contribution is 2.07. The molecule has 1 rings (SSSR count). The van der Waals surface area contributed by atoms with Gasteiger partial charge in [-0.15, -0.1) is 0 Å². The van der Waals surface area contributed by atoms with Gasteiger partial charge in [-0.1, -0.05) is 39.0 Å². The Kier molecular flexibility index (Phi) is 9.35. The average molecular weight is 378 g/mol. The van der Waals surface area contributed by atoms with Crippen LogP contribution in [0.4, 0.5) is 15.3 Å². The minimum atomic E-state index is -0.949. The molecule has 1 atom stereocenters. The highest BCUT2D eigenvalue weighted by atomic mass is 16.5. The molecule has 0 fully saturated rings. The number of hydrogen-bond acceptors (Lipinski definition) is 5. The van der Waals surface area contributed by atoms with Crippen LogP contribution in [0.2, 0.25) is 0 Å². The molecule has 0 unspecified atom stereocenters. The Balaban J connectivity index is 2.49. The summed E-state index contributed by atoms with van der Waals surface area (Å²) in [4.78, 5) is 47.2. The fourth-order valence-corrected chi connectivity index (χ4v) is 2.00. The fraction of sp³-hybridized carbons (Fsp3) is 0.444. The zero-order chi connectivity index (χ0) is 20.2. The van der Waals surface area contributed by atoms with Gasteiger partial charge in [0.15, 0.2) is 6.61 Å². The van der Waals surface area contributed by atoms with Crippen molar-refractivity contribution in [2.75, 3.05) is 18.5 Å². The molecular weight excluding hydrogens is 352 g/mol. The van der Waals surface area contributed by atoms with E-state index in [9.17, 15) is 19.2 Å². The van der Waals surface area contributed by atoms with Crippen LogP contribution in [0, 0.1) is 5.92 Å². The number of amides is 5. The van der Waals surface area contributed by atoms with Crippen molar-refractivity contribution in [2.24, 2.45) is 5.92 Å². The normalized spacial score (nSPS) is 11.3. The SMILES string of the molecule is CCCNC(=O)NC(=O)COC(=O)[C@@H](NC(=O)Nc1ccccc1)C(C)C. The Hall–Kier alpha value is -3.10. The smallest absolute Gasteiger partial charge is 0.329 e. The Labute approximate surface area is 158 Å². The van der Waals surface area contributed by atoms with E-state index in [1.54, 1.807) is 38.1 Å². The first-order valence-corrected chi connectivity index (χ1v) is 8.70. The summed E-state index contributed by atoms with van der Waals surface area (Å²) in [5.74, 6) is -1.79. The predicted molar refractivity (Wildman–Crippen MR) is 100 cm³/mol. The molecule has 1 aromatic carbocycles. The van der Waals surface area contributed by atoms with E-state index in [1.807, 2.05) is 18.3 Å². The molecule has 27 heavy (non-hydrogen) atoms. The van der Waals surface area contributed by atoms with Gasteiger partial charge in [0, 0.05) is 12.2 Å². The first-order valence-electron chi connectivity index (χ1n) is 8.70. The molecule has 9 nitrogen and oxygen atoms in total. The van der Waals surface area contributed by atoms with Crippen LogP contribution in [0.15, 0.2) is 30.3 Å². The van der Waals surface area contributed by atoms with Crippen molar-refractivity contribution < 1.29 is 23.9 Å². The first-order chi connectivity index (χ1) is 12.8. The van der Waals surface area contributed by atoms with E-state index in [0.717, 1.165) is 6.42 Å². The van der Waals surface area contributed by atoms with Gasteiger partial charge in [-0.05, 0) is 24.5 Å². The summed E-state index contributed by atoms with van der Waals surface area (Å²) in [6.45, 7) is 5.13. The van der Waals surface area contributed by atoms with E-state index in [0.29, 0.717) is 12.2 Å². The largest absolute Gasteiger partial charge is 0.454 e. The van der Waals surface area contributed by atoms with Gasteiger partial charge in [0.25, 0.3) is 5.91 Å². The number of ether oxygens (including phenoxy) is 1. The Morgan fingerprint density at radius 3 is 2.30 bits per heavy atom. The Morgan fingerprint density at radius 1 is 1.04 bits per heavy atom. The minimum Gasteiger partial charge on any atom is -0.454 e. The lowest BCUT2D eigenvalue weighted by Crippen LogP contribution is -2.48. The van der Waals surface area contributed by atoms with Crippen LogP contribution in [0.3, 0.4) is 0 Å². The number of rotatable bonds is 8. The van der Waals surface area contributed by atoms with E-state index >= 15 is 0 Å². The highest BCUT2D eigenvalue weighted by molar-refractivity contribution is 5.96. The quantitative estimate of drug-likeness (QED) is 0.511. The summed E-state index contributed by atoms with van der Waals surface area (Å²) < 4.78 is 4.91. The van der Waals surface area contributed by atoms with Gasteiger partial charge in [-0.3, -0.25) is 10.1 Å². The molecule has 0 bridgehead atoms. The van der Waals surface area contributed by atoms with Crippen LogP contribution in [-0.4, -0.2) is 43.1 Å². The van der Waals surface area contributed by atoms with Crippen molar-refractivity contribution in [3.63, 3.8) is 0 Å². The third-order valence-corrected chi connectivity index (χ3v) is 3.37. The van der Waals surface area contributed by atoms with Crippen LogP contribution in [0.5, 0.6) is 0 Å². The lowest BCUT2D eigenvalue weighted by Gasteiger charge is -2.21. The van der Waals surface area contributed by atoms with E-state index in [2.05, 4.69) is 16.0 Å². The molecule has 0 aliphatic heterocycles. The summed E-state index contributed by atoms with van der Waals surface area (Å²) in [6, 6.07) is 6.57. The second-order valence-electron chi connectivity index (χ2n) is 6.10. The zero-order valence-corrected chi connectivity index (χ0v) is 15.7. The number of nitrogens with one attached hydrogen (secondary N) is 4.